The van der Waals surface area contributed by atoms with E-state index in [1.807, 2.05) is 5.51 Å². The number of methoxy groups -OCH3 is 1. The van der Waals surface area contributed by atoms with Gasteiger partial charge in [0.05, 0.1) is 18.3 Å². The van der Waals surface area contributed by atoms with Crippen molar-refractivity contribution in [2.45, 2.75) is 13.8 Å². The van der Waals surface area contributed by atoms with E-state index in [1.165, 1.54) is 0 Å². The van der Waals surface area contributed by atoms with Crippen LogP contribution in [-0.2, 0) is 0 Å². The summed E-state index contributed by atoms with van der Waals surface area (Å²) in [6.45, 7) is 4.11. The summed E-state index contributed by atoms with van der Waals surface area (Å²) < 4.78 is 5.33. The van der Waals surface area contributed by atoms with Crippen molar-refractivity contribution in [3.05, 3.63) is 34.2 Å². The van der Waals surface area contributed by atoms with Crippen LogP contribution in [0.5, 0.6) is 5.75 Å². The molecule has 0 bridgehead atoms. The van der Waals surface area contributed by atoms with Crippen molar-refractivity contribution < 1.29 is 4.74 Å². The molecule has 0 unspecified atom stereocenters. The first-order valence-corrected chi connectivity index (χ1v) is 5.70. The minimum Gasteiger partial charge on any atom is -0.496 e. The number of nitrogens with zero attached hydrogens (tertiary/aromatic N) is 1. The van der Waals surface area contributed by atoms with E-state index in [0.717, 1.165) is 28.1 Å². The maximum atomic E-state index is 5.33. The number of aromatic nitrogens is 1. The molecule has 1 aromatic carbocycles. The van der Waals surface area contributed by atoms with Gasteiger partial charge in [-0.25, -0.2) is 4.98 Å². The molecule has 0 aliphatic heterocycles. The summed E-state index contributed by atoms with van der Waals surface area (Å²) in [5, 5.41) is 2.06. The first-order valence-electron chi connectivity index (χ1n) is 4.76. The van der Waals surface area contributed by atoms with Crippen molar-refractivity contribution in [2.75, 3.05) is 7.11 Å². The van der Waals surface area contributed by atoms with Crippen molar-refractivity contribution in [2.24, 2.45) is 0 Å². The average molecular weight is 219 g/mol. The van der Waals surface area contributed by atoms with Gasteiger partial charge in [0.2, 0.25) is 0 Å². The zero-order valence-electron chi connectivity index (χ0n) is 9.07. The normalized spacial score (nSPS) is 10.3. The van der Waals surface area contributed by atoms with E-state index >= 15 is 0 Å². The Balaban J connectivity index is 2.53. The monoisotopic (exact) mass is 219 g/mol. The van der Waals surface area contributed by atoms with E-state index in [2.05, 4.69) is 36.3 Å². The molecule has 78 valence electrons. The van der Waals surface area contributed by atoms with Gasteiger partial charge in [-0.2, -0.15) is 0 Å². The first kappa shape index (κ1) is 10.2. The quantitative estimate of drug-likeness (QED) is 0.772. The number of hydrogen-bond donors (Lipinski definition) is 0. The van der Waals surface area contributed by atoms with Crippen LogP contribution in [0.2, 0.25) is 0 Å². The largest absolute Gasteiger partial charge is 0.496 e. The minimum atomic E-state index is 0.967. The Morgan fingerprint density at radius 1 is 1.20 bits per heavy atom. The lowest BCUT2D eigenvalue weighted by Gasteiger charge is -2.10. The van der Waals surface area contributed by atoms with Gasteiger partial charge in [-0.3, -0.25) is 0 Å². The molecule has 0 spiro atoms. The Morgan fingerprint density at radius 3 is 2.33 bits per heavy atom. The number of benzene rings is 1. The Hall–Kier alpha value is -1.35. The number of thiazole rings is 1. The molecule has 1 aromatic heterocycles. The molecular formula is C12H13NOS. The molecule has 0 radical (unpaired) electrons. The molecule has 0 saturated carbocycles. The Kier molecular flexibility index (Phi) is 2.73. The van der Waals surface area contributed by atoms with Gasteiger partial charge >= 0.3 is 0 Å². The summed E-state index contributed by atoms with van der Waals surface area (Å²) in [5.74, 6) is 0.967. The van der Waals surface area contributed by atoms with E-state index in [9.17, 15) is 0 Å². The number of aryl methyl sites for hydroxylation is 2. The molecule has 2 rings (SSSR count). The molecule has 15 heavy (non-hydrogen) atoms. The molecule has 2 aromatic rings. The number of hydrogen-bond acceptors (Lipinski definition) is 3. The molecule has 0 aliphatic carbocycles. The lowest BCUT2D eigenvalue weighted by atomic mass is 10.0. The highest BCUT2D eigenvalue weighted by Gasteiger charge is 2.07. The van der Waals surface area contributed by atoms with Gasteiger partial charge < -0.3 is 4.74 Å². The Morgan fingerprint density at radius 2 is 1.87 bits per heavy atom. The third kappa shape index (κ3) is 1.88. The topological polar surface area (TPSA) is 22.1 Å². The van der Waals surface area contributed by atoms with Crippen molar-refractivity contribution in [3.8, 4) is 17.0 Å². The highest BCUT2D eigenvalue weighted by molar-refractivity contribution is 7.07. The minimum absolute atomic E-state index is 0.967. The van der Waals surface area contributed by atoms with E-state index < -0.39 is 0 Å². The second kappa shape index (κ2) is 4.03. The maximum Gasteiger partial charge on any atom is 0.124 e. The zero-order valence-corrected chi connectivity index (χ0v) is 9.89. The maximum absolute atomic E-state index is 5.33. The Labute approximate surface area is 93.6 Å². The molecule has 2 nitrogen and oxygen atoms in total. The van der Waals surface area contributed by atoms with Crippen LogP contribution in [0.25, 0.3) is 11.3 Å². The number of ether oxygens (including phenoxy) is 1. The van der Waals surface area contributed by atoms with Gasteiger partial charge in [-0.05, 0) is 37.1 Å². The van der Waals surface area contributed by atoms with Crippen LogP contribution in [0, 0.1) is 13.8 Å². The molecule has 0 N–H and O–H groups in total. The SMILES string of the molecule is COc1c(C)cc(-c2cscn2)cc1C. The predicted octanol–water partition coefficient (Wildman–Crippen LogP) is 3.44. The van der Waals surface area contributed by atoms with E-state index in [4.69, 9.17) is 4.74 Å². The Bertz CT molecular complexity index is 439. The second-order valence-electron chi connectivity index (χ2n) is 3.52. The van der Waals surface area contributed by atoms with Crippen LogP contribution >= 0.6 is 11.3 Å². The summed E-state index contributed by atoms with van der Waals surface area (Å²) in [5.41, 5.74) is 6.35. The summed E-state index contributed by atoms with van der Waals surface area (Å²) >= 11 is 1.61. The summed E-state index contributed by atoms with van der Waals surface area (Å²) in [7, 11) is 1.71. The van der Waals surface area contributed by atoms with Gasteiger partial charge in [0.15, 0.2) is 0 Å². The van der Waals surface area contributed by atoms with Crippen molar-refractivity contribution in [1.29, 1.82) is 0 Å². The summed E-state index contributed by atoms with van der Waals surface area (Å²) in [6, 6.07) is 4.22. The first-order chi connectivity index (χ1) is 7.22. The van der Waals surface area contributed by atoms with Crippen LogP contribution in [-0.4, -0.2) is 12.1 Å². The number of rotatable bonds is 2. The van der Waals surface area contributed by atoms with Gasteiger partial charge in [0.25, 0.3) is 0 Å². The van der Waals surface area contributed by atoms with Gasteiger partial charge in [-0.15, -0.1) is 11.3 Å². The molecule has 0 amide bonds. The molecule has 3 heteroatoms. The van der Waals surface area contributed by atoms with Crippen LogP contribution in [0.4, 0.5) is 0 Å². The summed E-state index contributed by atoms with van der Waals surface area (Å²) in [6.07, 6.45) is 0. The summed E-state index contributed by atoms with van der Waals surface area (Å²) in [4.78, 5) is 4.30. The van der Waals surface area contributed by atoms with Crippen LogP contribution in [0.3, 0.4) is 0 Å². The second-order valence-corrected chi connectivity index (χ2v) is 4.24. The molecule has 0 fully saturated rings. The molecular weight excluding hydrogens is 206 g/mol. The fourth-order valence-electron chi connectivity index (χ4n) is 1.78. The van der Waals surface area contributed by atoms with Crippen LogP contribution in [0.15, 0.2) is 23.0 Å². The standard InChI is InChI=1S/C12H13NOS/c1-8-4-10(11-6-15-7-13-11)5-9(2)12(8)14-3/h4-7H,1-3H3. The molecule has 0 aliphatic rings. The third-order valence-electron chi connectivity index (χ3n) is 2.39. The highest BCUT2D eigenvalue weighted by Crippen LogP contribution is 2.29. The fraction of sp³-hybridized carbons (Fsp3) is 0.250. The van der Waals surface area contributed by atoms with Gasteiger partial charge in [-0.1, -0.05) is 0 Å². The molecule has 1 heterocycles. The average Bonchev–Trinajstić information content (AvgIpc) is 2.69. The lowest BCUT2D eigenvalue weighted by Crippen LogP contribution is -1.92. The van der Waals surface area contributed by atoms with E-state index in [-0.39, 0.29) is 0 Å². The molecule has 0 saturated heterocycles. The van der Waals surface area contributed by atoms with Gasteiger partial charge in [0.1, 0.15) is 5.75 Å². The van der Waals surface area contributed by atoms with Crippen molar-refractivity contribution >= 4 is 11.3 Å². The van der Waals surface area contributed by atoms with Crippen LogP contribution < -0.4 is 4.74 Å². The predicted molar refractivity (Wildman–Crippen MR) is 63.6 cm³/mol. The van der Waals surface area contributed by atoms with Crippen molar-refractivity contribution in [3.63, 3.8) is 0 Å². The van der Waals surface area contributed by atoms with Crippen molar-refractivity contribution in [1.82, 2.24) is 4.98 Å². The smallest absolute Gasteiger partial charge is 0.124 e. The van der Waals surface area contributed by atoms with E-state index in [1.54, 1.807) is 18.4 Å². The zero-order chi connectivity index (χ0) is 10.8. The molecule has 0 atom stereocenters. The highest BCUT2D eigenvalue weighted by atomic mass is 32.1. The van der Waals surface area contributed by atoms with Crippen LogP contribution in [0.1, 0.15) is 11.1 Å². The van der Waals surface area contributed by atoms with Gasteiger partial charge in [0, 0.05) is 10.9 Å². The van der Waals surface area contributed by atoms with E-state index in [0.29, 0.717) is 0 Å². The fourth-order valence-corrected chi connectivity index (χ4v) is 2.34. The lowest BCUT2D eigenvalue weighted by molar-refractivity contribution is 0.408. The third-order valence-corrected chi connectivity index (χ3v) is 2.98.